The number of carbonyl (C=O) groups is 2. The maximum Gasteiger partial charge on any atom is 0.331 e. The zero-order chi connectivity index (χ0) is 23.1. The molecule has 0 aromatic rings. The zero-order valence-electron chi connectivity index (χ0n) is 20.7. The molecule has 0 spiro atoms. The maximum absolute atomic E-state index is 12.3. The highest BCUT2D eigenvalue weighted by molar-refractivity contribution is 5.91. The van der Waals surface area contributed by atoms with Gasteiger partial charge in [0.05, 0.1) is 0 Å². The highest BCUT2D eigenvalue weighted by Gasteiger charge is 2.45. The molecule has 6 heteroatoms. The van der Waals surface area contributed by atoms with Gasteiger partial charge < -0.3 is 9.47 Å². The Bertz CT molecular complexity index is 599. The fourth-order valence-electron chi connectivity index (χ4n) is 5.27. The Hall–Kier alpha value is -1.40. The summed E-state index contributed by atoms with van der Waals surface area (Å²) in [6, 6.07) is 0. The Morgan fingerprint density at radius 3 is 1.10 bits per heavy atom. The molecule has 0 aromatic heterocycles. The van der Waals surface area contributed by atoms with E-state index in [1.165, 1.54) is 12.2 Å². The average Bonchev–Trinajstić information content (AvgIpc) is 2.54. The normalized spacial score (nSPS) is 27.1. The van der Waals surface area contributed by atoms with Gasteiger partial charge in [-0.3, -0.25) is 9.80 Å². The van der Waals surface area contributed by atoms with Gasteiger partial charge >= 0.3 is 11.9 Å². The van der Waals surface area contributed by atoms with Crippen LogP contribution in [-0.2, 0) is 19.1 Å². The fraction of sp³-hybridized carbons (Fsp3) is 0.833. The molecule has 2 rings (SSSR count). The van der Waals surface area contributed by atoms with Gasteiger partial charge in [-0.25, -0.2) is 9.59 Å². The van der Waals surface area contributed by atoms with Crippen LogP contribution in [0.25, 0.3) is 0 Å². The maximum atomic E-state index is 12.3. The van der Waals surface area contributed by atoms with E-state index in [-0.39, 0.29) is 34.4 Å². The molecule has 0 bridgehead atoms. The molecule has 0 unspecified atom stereocenters. The first-order chi connectivity index (χ1) is 13.5. The minimum Gasteiger partial charge on any atom is -0.459 e. The van der Waals surface area contributed by atoms with Crippen LogP contribution in [0.3, 0.4) is 0 Å². The predicted molar refractivity (Wildman–Crippen MR) is 119 cm³/mol. The van der Waals surface area contributed by atoms with Crippen LogP contribution in [0.5, 0.6) is 0 Å². The van der Waals surface area contributed by atoms with Crippen molar-refractivity contribution in [2.45, 2.75) is 115 Å². The van der Waals surface area contributed by atoms with Crippen LogP contribution in [0.2, 0.25) is 0 Å². The minimum absolute atomic E-state index is 0.0664. The summed E-state index contributed by atoms with van der Waals surface area (Å²) in [5, 5.41) is 0. The van der Waals surface area contributed by atoms with Gasteiger partial charge in [0, 0.05) is 60.0 Å². The van der Waals surface area contributed by atoms with Crippen molar-refractivity contribution in [2.75, 3.05) is 14.1 Å². The first-order valence-corrected chi connectivity index (χ1v) is 11.0. The third-order valence-electron chi connectivity index (χ3n) is 7.46. The van der Waals surface area contributed by atoms with E-state index in [1.54, 1.807) is 0 Å². The SMILES string of the molecule is CN1C(C)(C)CC(OC(=O)C=CC(=O)OC2CC(C)(C)N(C)C(C)(C)C2)CC1(C)C. The van der Waals surface area contributed by atoms with Crippen molar-refractivity contribution in [1.82, 2.24) is 9.80 Å². The van der Waals surface area contributed by atoms with Crippen molar-refractivity contribution >= 4 is 11.9 Å². The first-order valence-electron chi connectivity index (χ1n) is 11.0. The molecular formula is C24H42N2O4. The summed E-state index contributed by atoms with van der Waals surface area (Å²) in [6.07, 6.45) is 5.10. The summed E-state index contributed by atoms with van der Waals surface area (Å²) in [5.41, 5.74) is -0.266. The monoisotopic (exact) mass is 422 g/mol. The number of ether oxygens (including phenoxy) is 2. The van der Waals surface area contributed by atoms with Crippen LogP contribution in [-0.4, -0.2) is 70.2 Å². The second-order valence-corrected chi connectivity index (χ2v) is 11.6. The highest BCUT2D eigenvalue weighted by Crippen LogP contribution is 2.39. The third kappa shape index (κ3) is 5.64. The number of esters is 2. The standard InChI is InChI=1S/C24H42N2O4/c1-21(2)13-17(14-22(3,4)25(21)9)29-19(27)11-12-20(28)30-18-15-23(5,6)26(10)24(7,8)16-18/h11-12,17-18H,13-16H2,1-10H3. The van der Waals surface area contributed by atoms with Gasteiger partial charge in [0.1, 0.15) is 12.2 Å². The summed E-state index contributed by atoms with van der Waals surface area (Å²) in [7, 11) is 4.22. The third-order valence-corrected chi connectivity index (χ3v) is 7.46. The highest BCUT2D eigenvalue weighted by atomic mass is 16.5. The molecule has 172 valence electrons. The lowest BCUT2D eigenvalue weighted by Gasteiger charge is -2.53. The molecule has 30 heavy (non-hydrogen) atoms. The van der Waals surface area contributed by atoms with E-state index in [9.17, 15) is 9.59 Å². The van der Waals surface area contributed by atoms with E-state index in [0.717, 1.165) is 25.7 Å². The molecule has 2 fully saturated rings. The molecular weight excluding hydrogens is 380 g/mol. The summed E-state index contributed by atoms with van der Waals surface area (Å²) in [4.78, 5) is 29.3. The van der Waals surface area contributed by atoms with E-state index >= 15 is 0 Å². The number of carbonyl (C=O) groups excluding carboxylic acids is 2. The molecule has 0 N–H and O–H groups in total. The van der Waals surface area contributed by atoms with E-state index in [4.69, 9.17) is 9.47 Å². The second kappa shape index (κ2) is 8.27. The van der Waals surface area contributed by atoms with Gasteiger partial charge in [-0.2, -0.15) is 0 Å². The number of hydrogen-bond acceptors (Lipinski definition) is 6. The summed E-state index contributed by atoms with van der Waals surface area (Å²) >= 11 is 0. The number of rotatable bonds is 4. The van der Waals surface area contributed by atoms with Crippen molar-refractivity contribution in [3.8, 4) is 0 Å². The predicted octanol–water partition coefficient (Wildman–Crippen LogP) is 3.93. The topological polar surface area (TPSA) is 59.1 Å². The van der Waals surface area contributed by atoms with Crippen molar-refractivity contribution in [3.05, 3.63) is 12.2 Å². The van der Waals surface area contributed by atoms with Gasteiger partial charge in [-0.15, -0.1) is 0 Å². The van der Waals surface area contributed by atoms with E-state index in [1.807, 2.05) is 0 Å². The average molecular weight is 423 g/mol. The second-order valence-electron chi connectivity index (χ2n) is 11.6. The number of piperidine rings is 2. The molecule has 0 aliphatic carbocycles. The van der Waals surface area contributed by atoms with E-state index in [0.29, 0.717) is 0 Å². The van der Waals surface area contributed by atoms with Gasteiger partial charge in [-0.1, -0.05) is 0 Å². The van der Waals surface area contributed by atoms with Crippen LogP contribution in [0.15, 0.2) is 12.2 Å². The lowest BCUT2D eigenvalue weighted by Crippen LogP contribution is -2.60. The van der Waals surface area contributed by atoms with Crippen LogP contribution in [0, 0.1) is 0 Å². The molecule has 0 amide bonds. The Morgan fingerprint density at radius 2 is 0.867 bits per heavy atom. The van der Waals surface area contributed by atoms with Crippen LogP contribution < -0.4 is 0 Å². The summed E-state index contributed by atoms with van der Waals surface area (Å²) in [5.74, 6) is -0.978. The molecule has 2 aliphatic rings. The zero-order valence-corrected chi connectivity index (χ0v) is 20.7. The Morgan fingerprint density at radius 1 is 0.633 bits per heavy atom. The van der Waals surface area contributed by atoms with Crippen molar-refractivity contribution in [2.24, 2.45) is 0 Å². The van der Waals surface area contributed by atoms with Crippen LogP contribution in [0.4, 0.5) is 0 Å². The fourth-order valence-corrected chi connectivity index (χ4v) is 5.27. The van der Waals surface area contributed by atoms with Crippen LogP contribution in [0.1, 0.15) is 81.1 Å². The Labute approximate surface area is 183 Å². The smallest absolute Gasteiger partial charge is 0.331 e. The van der Waals surface area contributed by atoms with Crippen LogP contribution >= 0.6 is 0 Å². The molecule has 0 radical (unpaired) electrons. The quantitative estimate of drug-likeness (QED) is 0.505. The first kappa shape index (κ1) is 24.9. The molecule has 6 nitrogen and oxygen atoms in total. The lowest BCUT2D eigenvalue weighted by molar-refractivity contribution is -0.156. The molecule has 2 heterocycles. The van der Waals surface area contributed by atoms with Gasteiger partial charge in [0.25, 0.3) is 0 Å². The van der Waals surface area contributed by atoms with Crippen molar-refractivity contribution in [1.29, 1.82) is 0 Å². The molecule has 2 saturated heterocycles. The van der Waals surface area contributed by atoms with E-state index in [2.05, 4.69) is 79.3 Å². The largest absolute Gasteiger partial charge is 0.459 e. The van der Waals surface area contributed by atoms with Crippen molar-refractivity contribution in [3.63, 3.8) is 0 Å². The Kier molecular flexibility index (Phi) is 6.85. The van der Waals surface area contributed by atoms with Gasteiger partial charge in [0.15, 0.2) is 0 Å². The van der Waals surface area contributed by atoms with Gasteiger partial charge in [0.2, 0.25) is 0 Å². The summed E-state index contributed by atoms with van der Waals surface area (Å²) < 4.78 is 11.3. The number of nitrogens with zero attached hydrogens (tertiary/aromatic N) is 2. The molecule has 0 atom stereocenters. The molecule has 2 aliphatic heterocycles. The number of likely N-dealkylation sites (tertiary alicyclic amines) is 2. The summed E-state index contributed by atoms with van der Waals surface area (Å²) in [6.45, 7) is 17.3. The molecule has 0 saturated carbocycles. The van der Waals surface area contributed by atoms with E-state index < -0.39 is 11.9 Å². The number of hydrogen-bond donors (Lipinski definition) is 0. The minimum atomic E-state index is -0.489. The van der Waals surface area contributed by atoms with Crippen molar-refractivity contribution < 1.29 is 19.1 Å². The van der Waals surface area contributed by atoms with Gasteiger partial charge in [-0.05, 0) is 69.5 Å². The lowest BCUT2D eigenvalue weighted by atomic mass is 9.78. The Balaban J connectivity index is 1.92. The molecule has 0 aromatic carbocycles.